The Morgan fingerprint density at radius 1 is 1.28 bits per heavy atom. The molecule has 0 saturated carbocycles. The highest BCUT2D eigenvalue weighted by Gasteiger charge is 2.26. The number of amides is 1. The Balaban J connectivity index is 2.58. The summed E-state index contributed by atoms with van der Waals surface area (Å²) in [5.41, 5.74) is 0. The van der Waals surface area contributed by atoms with Gasteiger partial charge in [-0.3, -0.25) is 4.79 Å². The molecule has 1 N–H and O–H groups in total. The SMILES string of the molecule is CCCCC(OC(=O)C(C)OCCC(C)C)C(=O)Nc1cc(C)on1. The van der Waals surface area contributed by atoms with Crippen molar-refractivity contribution < 1.29 is 23.6 Å². The van der Waals surface area contributed by atoms with Gasteiger partial charge in [-0.1, -0.05) is 32.3 Å². The van der Waals surface area contributed by atoms with E-state index in [1.807, 2.05) is 6.92 Å². The Hall–Kier alpha value is -1.89. The van der Waals surface area contributed by atoms with Gasteiger partial charge in [0.05, 0.1) is 0 Å². The molecule has 0 aromatic carbocycles. The number of unbranched alkanes of at least 4 members (excludes halogenated alkanes) is 1. The molecule has 1 amide bonds. The van der Waals surface area contributed by atoms with Crippen LogP contribution in [0.1, 0.15) is 59.1 Å². The maximum absolute atomic E-state index is 12.4. The lowest BCUT2D eigenvalue weighted by Crippen LogP contribution is -2.36. The van der Waals surface area contributed by atoms with E-state index in [0.717, 1.165) is 19.3 Å². The first-order valence-corrected chi connectivity index (χ1v) is 8.89. The van der Waals surface area contributed by atoms with Crippen LogP contribution in [0, 0.1) is 12.8 Å². The first-order valence-electron chi connectivity index (χ1n) is 8.89. The highest BCUT2D eigenvalue weighted by molar-refractivity contribution is 5.94. The Kier molecular flexibility index (Phi) is 9.20. The smallest absolute Gasteiger partial charge is 0.335 e. The molecular formula is C18H30N2O5. The number of nitrogens with zero attached hydrogens (tertiary/aromatic N) is 1. The van der Waals surface area contributed by atoms with Crippen LogP contribution in [0.15, 0.2) is 10.6 Å². The first-order chi connectivity index (χ1) is 11.8. The molecule has 1 aromatic heterocycles. The number of esters is 1. The van der Waals surface area contributed by atoms with Crippen LogP contribution >= 0.6 is 0 Å². The predicted molar refractivity (Wildman–Crippen MR) is 94.1 cm³/mol. The molecule has 1 heterocycles. The zero-order chi connectivity index (χ0) is 18.8. The van der Waals surface area contributed by atoms with Crippen molar-refractivity contribution in [1.82, 2.24) is 5.16 Å². The maximum atomic E-state index is 12.4. The number of aryl methyl sites for hydroxylation is 1. The van der Waals surface area contributed by atoms with Crippen LogP contribution in [0.4, 0.5) is 5.82 Å². The monoisotopic (exact) mass is 354 g/mol. The third kappa shape index (κ3) is 8.16. The average Bonchev–Trinajstić information content (AvgIpc) is 2.95. The molecule has 2 atom stereocenters. The number of carbonyl (C=O) groups is 2. The molecule has 1 rings (SSSR count). The lowest BCUT2D eigenvalue weighted by Gasteiger charge is -2.19. The second kappa shape index (κ2) is 10.9. The first kappa shape index (κ1) is 21.2. The number of carbonyl (C=O) groups excluding carboxylic acids is 2. The average molecular weight is 354 g/mol. The Labute approximate surface area is 149 Å². The molecular weight excluding hydrogens is 324 g/mol. The van der Waals surface area contributed by atoms with Gasteiger partial charge in [-0.2, -0.15) is 0 Å². The van der Waals surface area contributed by atoms with Crippen LogP contribution < -0.4 is 5.32 Å². The lowest BCUT2D eigenvalue weighted by molar-refractivity contribution is -0.165. The molecule has 142 valence electrons. The summed E-state index contributed by atoms with van der Waals surface area (Å²) in [5.74, 6) is 0.448. The summed E-state index contributed by atoms with van der Waals surface area (Å²) in [6.45, 7) is 10.0. The highest BCUT2D eigenvalue weighted by atomic mass is 16.6. The molecule has 7 nitrogen and oxygen atoms in total. The van der Waals surface area contributed by atoms with E-state index < -0.39 is 24.1 Å². The summed E-state index contributed by atoms with van der Waals surface area (Å²) in [4.78, 5) is 24.6. The Morgan fingerprint density at radius 2 is 2.00 bits per heavy atom. The van der Waals surface area contributed by atoms with E-state index in [1.54, 1.807) is 19.9 Å². The Bertz CT molecular complexity index is 541. The quantitative estimate of drug-likeness (QED) is 0.612. The van der Waals surface area contributed by atoms with Gasteiger partial charge in [-0.15, -0.1) is 0 Å². The van der Waals surface area contributed by atoms with Gasteiger partial charge in [-0.25, -0.2) is 4.79 Å². The van der Waals surface area contributed by atoms with E-state index >= 15 is 0 Å². The van der Waals surface area contributed by atoms with E-state index in [4.69, 9.17) is 14.0 Å². The van der Waals surface area contributed by atoms with Crippen LogP contribution in [0.25, 0.3) is 0 Å². The fourth-order valence-corrected chi connectivity index (χ4v) is 2.05. The second-order valence-corrected chi connectivity index (χ2v) is 6.58. The van der Waals surface area contributed by atoms with Gasteiger partial charge in [-0.05, 0) is 39.0 Å². The van der Waals surface area contributed by atoms with Crippen molar-refractivity contribution in [2.45, 2.75) is 72.5 Å². The molecule has 0 aliphatic heterocycles. The van der Waals surface area contributed by atoms with Crippen LogP contribution in [0.5, 0.6) is 0 Å². The maximum Gasteiger partial charge on any atom is 0.335 e. The molecule has 0 aliphatic rings. The van der Waals surface area contributed by atoms with Crippen molar-refractivity contribution in [3.8, 4) is 0 Å². The summed E-state index contributed by atoms with van der Waals surface area (Å²) in [6, 6.07) is 1.61. The lowest BCUT2D eigenvalue weighted by atomic mass is 10.1. The standard InChI is InChI=1S/C18H30N2O5/c1-6-7-8-15(17(21)19-16-11-13(4)25-20-16)24-18(22)14(5)23-10-9-12(2)3/h11-12,14-15H,6-10H2,1-5H3,(H,19,20,21). The number of anilines is 1. The van der Waals surface area contributed by atoms with E-state index in [1.165, 1.54) is 0 Å². The number of nitrogens with one attached hydrogen (secondary N) is 1. The van der Waals surface area contributed by atoms with Crippen LogP contribution in [-0.2, 0) is 19.1 Å². The molecule has 0 spiro atoms. The number of hydrogen-bond donors (Lipinski definition) is 1. The fraction of sp³-hybridized carbons (Fsp3) is 0.722. The second-order valence-electron chi connectivity index (χ2n) is 6.58. The zero-order valence-electron chi connectivity index (χ0n) is 15.8. The zero-order valence-corrected chi connectivity index (χ0v) is 15.8. The Morgan fingerprint density at radius 3 is 2.56 bits per heavy atom. The molecule has 25 heavy (non-hydrogen) atoms. The molecule has 0 aliphatic carbocycles. The number of hydrogen-bond acceptors (Lipinski definition) is 6. The molecule has 0 radical (unpaired) electrons. The van der Waals surface area contributed by atoms with Gasteiger partial charge < -0.3 is 19.3 Å². The third-order valence-electron chi connectivity index (χ3n) is 3.64. The summed E-state index contributed by atoms with van der Waals surface area (Å²) in [7, 11) is 0. The van der Waals surface area contributed by atoms with Crippen molar-refractivity contribution in [3.05, 3.63) is 11.8 Å². The summed E-state index contributed by atoms with van der Waals surface area (Å²) in [6.07, 6.45) is 1.40. The molecule has 1 aromatic rings. The normalized spacial score (nSPS) is 13.5. The summed E-state index contributed by atoms with van der Waals surface area (Å²) < 4.78 is 15.8. The molecule has 2 unspecified atom stereocenters. The van der Waals surface area contributed by atoms with Gasteiger partial charge in [0.25, 0.3) is 5.91 Å². The van der Waals surface area contributed by atoms with Gasteiger partial charge >= 0.3 is 5.97 Å². The summed E-state index contributed by atoms with van der Waals surface area (Å²) >= 11 is 0. The van der Waals surface area contributed by atoms with Crippen LogP contribution in [0.3, 0.4) is 0 Å². The van der Waals surface area contributed by atoms with E-state index in [2.05, 4.69) is 24.3 Å². The van der Waals surface area contributed by atoms with Gasteiger partial charge in [0.2, 0.25) is 0 Å². The van der Waals surface area contributed by atoms with Crippen LogP contribution in [0.2, 0.25) is 0 Å². The molecule has 0 fully saturated rings. The topological polar surface area (TPSA) is 90.7 Å². The summed E-state index contributed by atoms with van der Waals surface area (Å²) in [5, 5.41) is 6.33. The van der Waals surface area contributed by atoms with Gasteiger partial charge in [0.15, 0.2) is 18.0 Å². The number of ether oxygens (including phenoxy) is 2. The largest absolute Gasteiger partial charge is 0.450 e. The van der Waals surface area contributed by atoms with Gasteiger partial charge in [0.1, 0.15) is 5.76 Å². The van der Waals surface area contributed by atoms with Crippen molar-refractivity contribution >= 4 is 17.7 Å². The minimum atomic E-state index is -0.874. The van der Waals surface area contributed by atoms with Crippen LogP contribution in [-0.4, -0.2) is 35.8 Å². The van der Waals surface area contributed by atoms with E-state index in [-0.39, 0.29) is 0 Å². The van der Waals surface area contributed by atoms with Crippen molar-refractivity contribution in [3.63, 3.8) is 0 Å². The van der Waals surface area contributed by atoms with Crippen molar-refractivity contribution in [2.75, 3.05) is 11.9 Å². The third-order valence-corrected chi connectivity index (χ3v) is 3.64. The minimum absolute atomic E-state index is 0.307. The van der Waals surface area contributed by atoms with Crippen molar-refractivity contribution in [2.24, 2.45) is 5.92 Å². The van der Waals surface area contributed by atoms with Gasteiger partial charge in [0, 0.05) is 12.7 Å². The van der Waals surface area contributed by atoms with Crippen molar-refractivity contribution in [1.29, 1.82) is 0 Å². The molecule has 0 saturated heterocycles. The predicted octanol–water partition coefficient (Wildman–Crippen LogP) is 3.47. The molecule has 7 heteroatoms. The fourth-order valence-electron chi connectivity index (χ4n) is 2.05. The number of rotatable bonds is 11. The molecule has 0 bridgehead atoms. The van der Waals surface area contributed by atoms with E-state index in [9.17, 15) is 9.59 Å². The minimum Gasteiger partial charge on any atom is -0.450 e. The number of aromatic nitrogens is 1. The highest BCUT2D eigenvalue weighted by Crippen LogP contribution is 2.13. The van der Waals surface area contributed by atoms with E-state index in [0.29, 0.717) is 30.5 Å².